The van der Waals surface area contributed by atoms with Crippen molar-refractivity contribution in [2.45, 2.75) is 26.8 Å². The van der Waals surface area contributed by atoms with Gasteiger partial charge in [0.05, 0.1) is 0 Å². The van der Waals surface area contributed by atoms with Gasteiger partial charge in [-0.15, -0.1) is 0 Å². The number of benzene rings is 1. The van der Waals surface area contributed by atoms with Crippen LogP contribution in [0.25, 0.3) is 0 Å². The van der Waals surface area contributed by atoms with Gasteiger partial charge in [-0.3, -0.25) is 0 Å². The number of hydrogen-bond acceptors (Lipinski definition) is 2. The molecule has 90 valence electrons. The van der Waals surface area contributed by atoms with Crippen molar-refractivity contribution in [3.05, 3.63) is 33.8 Å². The molecule has 0 saturated heterocycles. The van der Waals surface area contributed by atoms with Crippen LogP contribution >= 0.6 is 15.9 Å². The van der Waals surface area contributed by atoms with Gasteiger partial charge in [-0.1, -0.05) is 35.0 Å². The van der Waals surface area contributed by atoms with Gasteiger partial charge in [-0.05, 0) is 37.1 Å². The van der Waals surface area contributed by atoms with Gasteiger partial charge in [0.25, 0.3) is 0 Å². The molecule has 0 fully saturated rings. The van der Waals surface area contributed by atoms with Gasteiger partial charge < -0.3 is 10.6 Å². The molecule has 0 aromatic heterocycles. The molecule has 2 nitrogen and oxygen atoms in total. The number of rotatable bonds is 7. The molecular weight excluding hydrogens is 264 g/mol. The molecule has 1 aromatic carbocycles. The van der Waals surface area contributed by atoms with Crippen molar-refractivity contribution < 1.29 is 0 Å². The van der Waals surface area contributed by atoms with Crippen LogP contribution in [0.4, 0.5) is 0 Å². The van der Waals surface area contributed by atoms with Crippen molar-refractivity contribution in [2.24, 2.45) is 0 Å². The summed E-state index contributed by atoms with van der Waals surface area (Å²) in [5.74, 6) is 0. The summed E-state index contributed by atoms with van der Waals surface area (Å²) < 4.78 is 1.20. The van der Waals surface area contributed by atoms with Crippen molar-refractivity contribution in [3.63, 3.8) is 0 Å². The fourth-order valence-corrected chi connectivity index (χ4v) is 2.13. The zero-order valence-corrected chi connectivity index (χ0v) is 11.7. The van der Waals surface area contributed by atoms with Crippen LogP contribution in [0, 0.1) is 6.92 Å². The molecule has 0 radical (unpaired) electrons. The van der Waals surface area contributed by atoms with Crippen LogP contribution in [-0.2, 0) is 6.54 Å². The Morgan fingerprint density at radius 1 is 1.12 bits per heavy atom. The maximum Gasteiger partial charge on any atom is 0.0222 e. The second-order valence-corrected chi connectivity index (χ2v) is 4.88. The summed E-state index contributed by atoms with van der Waals surface area (Å²) in [6, 6.07) is 6.48. The number of nitrogens with one attached hydrogen (secondary N) is 2. The van der Waals surface area contributed by atoms with Crippen molar-refractivity contribution in [3.8, 4) is 0 Å². The summed E-state index contributed by atoms with van der Waals surface area (Å²) >= 11 is 3.59. The molecule has 2 N–H and O–H groups in total. The molecular formula is C13H21BrN2. The van der Waals surface area contributed by atoms with E-state index in [1.165, 1.54) is 22.0 Å². The van der Waals surface area contributed by atoms with Crippen molar-refractivity contribution in [1.29, 1.82) is 0 Å². The summed E-state index contributed by atoms with van der Waals surface area (Å²) in [6.45, 7) is 8.38. The largest absolute Gasteiger partial charge is 0.315 e. The Kier molecular flexibility index (Phi) is 6.69. The molecule has 0 unspecified atom stereocenters. The van der Waals surface area contributed by atoms with E-state index < -0.39 is 0 Å². The van der Waals surface area contributed by atoms with Gasteiger partial charge >= 0.3 is 0 Å². The van der Waals surface area contributed by atoms with Gasteiger partial charge in [0.2, 0.25) is 0 Å². The Hall–Kier alpha value is -0.380. The Balaban J connectivity index is 2.21. The van der Waals surface area contributed by atoms with E-state index in [2.05, 4.69) is 58.6 Å². The summed E-state index contributed by atoms with van der Waals surface area (Å²) in [7, 11) is 0. The fourth-order valence-electron chi connectivity index (χ4n) is 1.50. The summed E-state index contributed by atoms with van der Waals surface area (Å²) in [6.07, 6.45) is 1.20. The third-order valence-electron chi connectivity index (χ3n) is 2.43. The van der Waals surface area contributed by atoms with Gasteiger partial charge in [-0.2, -0.15) is 0 Å². The van der Waals surface area contributed by atoms with Crippen LogP contribution in [0.15, 0.2) is 22.7 Å². The third kappa shape index (κ3) is 5.10. The SMILES string of the molecule is CCCNCCNCc1ccc(C)cc1Br. The molecule has 0 aliphatic heterocycles. The third-order valence-corrected chi connectivity index (χ3v) is 3.17. The fraction of sp³-hybridized carbons (Fsp3) is 0.538. The zero-order chi connectivity index (χ0) is 11.8. The zero-order valence-electron chi connectivity index (χ0n) is 10.1. The molecule has 0 atom stereocenters. The van der Waals surface area contributed by atoms with E-state index >= 15 is 0 Å². The van der Waals surface area contributed by atoms with Gasteiger partial charge in [0.1, 0.15) is 0 Å². The highest BCUT2D eigenvalue weighted by atomic mass is 79.9. The second kappa shape index (κ2) is 7.82. The van der Waals surface area contributed by atoms with Crippen molar-refractivity contribution in [1.82, 2.24) is 10.6 Å². The first-order valence-corrected chi connectivity index (χ1v) is 6.69. The number of hydrogen-bond donors (Lipinski definition) is 2. The van der Waals surface area contributed by atoms with Gasteiger partial charge in [-0.25, -0.2) is 0 Å². The molecule has 0 amide bonds. The van der Waals surface area contributed by atoms with E-state index in [0.717, 1.165) is 26.2 Å². The molecule has 3 heteroatoms. The molecule has 16 heavy (non-hydrogen) atoms. The van der Waals surface area contributed by atoms with E-state index in [1.54, 1.807) is 0 Å². The number of halogens is 1. The Labute approximate surface area is 107 Å². The summed E-state index contributed by atoms with van der Waals surface area (Å²) in [5, 5.41) is 6.80. The topological polar surface area (TPSA) is 24.1 Å². The molecule has 0 aliphatic rings. The Morgan fingerprint density at radius 3 is 2.56 bits per heavy atom. The highest BCUT2D eigenvalue weighted by Gasteiger charge is 1.98. The maximum atomic E-state index is 3.59. The first-order chi connectivity index (χ1) is 7.74. The average Bonchev–Trinajstić information content (AvgIpc) is 2.26. The highest BCUT2D eigenvalue weighted by Crippen LogP contribution is 2.17. The lowest BCUT2D eigenvalue weighted by molar-refractivity contribution is 0.606. The lowest BCUT2D eigenvalue weighted by Gasteiger charge is -2.08. The smallest absolute Gasteiger partial charge is 0.0222 e. The number of aryl methyl sites for hydroxylation is 1. The van der Waals surface area contributed by atoms with E-state index in [-0.39, 0.29) is 0 Å². The van der Waals surface area contributed by atoms with Crippen LogP contribution < -0.4 is 10.6 Å². The van der Waals surface area contributed by atoms with Gasteiger partial charge in [0, 0.05) is 24.1 Å². The van der Waals surface area contributed by atoms with Crippen molar-refractivity contribution >= 4 is 15.9 Å². The van der Waals surface area contributed by atoms with Crippen molar-refractivity contribution in [2.75, 3.05) is 19.6 Å². The predicted octanol–water partition coefficient (Wildman–Crippen LogP) is 2.85. The maximum absolute atomic E-state index is 3.59. The van der Waals surface area contributed by atoms with E-state index in [1.807, 2.05) is 0 Å². The lowest BCUT2D eigenvalue weighted by Crippen LogP contribution is -2.27. The predicted molar refractivity (Wildman–Crippen MR) is 73.7 cm³/mol. The molecule has 0 aliphatic carbocycles. The van der Waals surface area contributed by atoms with Crippen LogP contribution in [-0.4, -0.2) is 19.6 Å². The van der Waals surface area contributed by atoms with Crippen LogP contribution in [0.1, 0.15) is 24.5 Å². The van der Waals surface area contributed by atoms with Crippen LogP contribution in [0.3, 0.4) is 0 Å². The lowest BCUT2D eigenvalue weighted by atomic mass is 10.1. The minimum atomic E-state index is 0.925. The van der Waals surface area contributed by atoms with Crippen LogP contribution in [0.5, 0.6) is 0 Å². The minimum absolute atomic E-state index is 0.925. The summed E-state index contributed by atoms with van der Waals surface area (Å²) in [5.41, 5.74) is 2.61. The standard InChI is InChI=1S/C13H21BrN2/c1-3-6-15-7-8-16-10-12-5-4-11(2)9-13(12)14/h4-5,9,15-16H,3,6-8,10H2,1-2H3. The average molecular weight is 285 g/mol. The normalized spacial score (nSPS) is 10.7. The molecule has 1 rings (SSSR count). The highest BCUT2D eigenvalue weighted by molar-refractivity contribution is 9.10. The summed E-state index contributed by atoms with van der Waals surface area (Å²) in [4.78, 5) is 0. The second-order valence-electron chi connectivity index (χ2n) is 4.02. The Morgan fingerprint density at radius 2 is 1.88 bits per heavy atom. The van der Waals surface area contributed by atoms with E-state index in [9.17, 15) is 0 Å². The quantitative estimate of drug-likeness (QED) is 0.753. The van der Waals surface area contributed by atoms with E-state index in [4.69, 9.17) is 0 Å². The van der Waals surface area contributed by atoms with Gasteiger partial charge in [0.15, 0.2) is 0 Å². The minimum Gasteiger partial charge on any atom is -0.315 e. The molecule has 0 bridgehead atoms. The molecule has 1 aromatic rings. The first-order valence-electron chi connectivity index (χ1n) is 5.90. The monoisotopic (exact) mass is 284 g/mol. The van der Waals surface area contributed by atoms with E-state index in [0.29, 0.717) is 0 Å². The van der Waals surface area contributed by atoms with Crippen LogP contribution in [0.2, 0.25) is 0 Å². The molecule has 0 heterocycles. The first kappa shape index (κ1) is 13.7. The molecule has 0 saturated carbocycles. The molecule has 0 spiro atoms. The Bertz CT molecular complexity index is 313.